The minimum Gasteiger partial charge on any atom is -0.478 e. The first-order chi connectivity index (χ1) is 28.3. The molecule has 1 amide bonds. The first-order valence-corrected chi connectivity index (χ1v) is 20.7. The Morgan fingerprint density at radius 1 is 0.949 bits per heavy atom. The third kappa shape index (κ3) is 12.8. The van der Waals surface area contributed by atoms with Gasteiger partial charge in [-0.2, -0.15) is 0 Å². The summed E-state index contributed by atoms with van der Waals surface area (Å²) in [5, 5.41) is 13.6. The van der Waals surface area contributed by atoms with E-state index in [9.17, 15) is 14.7 Å². The molecule has 0 bridgehead atoms. The van der Waals surface area contributed by atoms with Crippen LogP contribution in [0.5, 0.6) is 5.75 Å². The number of anilines is 1. The molecule has 3 aromatic heterocycles. The van der Waals surface area contributed by atoms with Crippen molar-refractivity contribution in [3.05, 3.63) is 42.6 Å². The van der Waals surface area contributed by atoms with Crippen LogP contribution >= 0.6 is 0 Å². The Morgan fingerprint density at radius 3 is 2.44 bits per heavy atom. The number of aromatic nitrogens is 3. The van der Waals surface area contributed by atoms with Crippen molar-refractivity contribution in [1.82, 2.24) is 30.1 Å². The number of nitrogens with zero attached hydrogens (tertiary/aromatic N) is 6. The predicted molar refractivity (Wildman–Crippen MR) is 223 cm³/mol. The summed E-state index contributed by atoms with van der Waals surface area (Å²) in [6.45, 7) is 19.0. The van der Waals surface area contributed by atoms with E-state index in [4.69, 9.17) is 38.1 Å². The van der Waals surface area contributed by atoms with Crippen molar-refractivity contribution in [2.45, 2.75) is 78.8 Å². The zero-order chi connectivity index (χ0) is 42.0. The molecule has 6 rings (SSSR count). The van der Waals surface area contributed by atoms with E-state index in [1.807, 2.05) is 77.9 Å². The molecule has 0 radical (unpaired) electrons. The first-order valence-electron chi connectivity index (χ1n) is 20.7. The Hall–Kier alpha value is -4.45. The molecule has 5 heterocycles. The minimum atomic E-state index is -0.828. The second-order valence-electron chi connectivity index (χ2n) is 17.1. The lowest BCUT2D eigenvalue weighted by Crippen LogP contribution is -2.49. The minimum absolute atomic E-state index is 0.0990. The Morgan fingerprint density at radius 2 is 1.71 bits per heavy atom. The summed E-state index contributed by atoms with van der Waals surface area (Å²) < 4.78 is 35.4. The molecule has 0 saturated carbocycles. The van der Waals surface area contributed by atoms with Gasteiger partial charge in [-0.05, 0) is 56.9 Å². The van der Waals surface area contributed by atoms with Gasteiger partial charge in [-0.1, -0.05) is 32.9 Å². The number of pyridine rings is 1. The van der Waals surface area contributed by atoms with Crippen molar-refractivity contribution < 1.29 is 42.8 Å². The lowest BCUT2D eigenvalue weighted by Gasteiger charge is -2.35. The Balaban J connectivity index is 0.900. The van der Waals surface area contributed by atoms with Gasteiger partial charge in [0, 0.05) is 77.0 Å². The van der Waals surface area contributed by atoms with Crippen LogP contribution in [-0.2, 0) is 28.5 Å². The number of amides is 1. The number of esters is 1. The third-order valence-corrected chi connectivity index (χ3v) is 10.2. The molecule has 2 aliphatic heterocycles. The fourth-order valence-corrected chi connectivity index (χ4v) is 6.88. The van der Waals surface area contributed by atoms with Crippen LogP contribution in [-0.4, -0.2) is 145 Å². The number of morpholine rings is 1. The van der Waals surface area contributed by atoms with Gasteiger partial charge in [-0.25, -0.2) is 15.0 Å². The highest BCUT2D eigenvalue weighted by Gasteiger charge is 2.31. The van der Waals surface area contributed by atoms with Crippen molar-refractivity contribution in [3.8, 4) is 17.1 Å². The van der Waals surface area contributed by atoms with Crippen LogP contribution in [0.2, 0.25) is 0 Å². The Kier molecular flexibility index (Phi) is 15.1. The van der Waals surface area contributed by atoms with Gasteiger partial charge in [0.25, 0.3) is 0 Å². The zero-order valence-electron chi connectivity index (χ0n) is 35.4. The number of nitrogens with one attached hydrogen (secondary N) is 1. The highest BCUT2D eigenvalue weighted by atomic mass is 16.7. The molecule has 2 aliphatic rings. The lowest BCUT2D eigenvalue weighted by atomic mass is 9.89. The van der Waals surface area contributed by atoms with Crippen molar-refractivity contribution in [1.29, 1.82) is 0 Å². The fourth-order valence-electron chi connectivity index (χ4n) is 6.88. The summed E-state index contributed by atoms with van der Waals surface area (Å²) in [6.07, 6.45) is 1.09. The van der Waals surface area contributed by atoms with Crippen molar-refractivity contribution >= 4 is 39.9 Å². The number of hydrogen-bond donors (Lipinski definition) is 2. The highest BCUT2D eigenvalue weighted by molar-refractivity contribution is 6.05. The number of fused-ring (bicyclic) bond motifs is 3. The summed E-state index contributed by atoms with van der Waals surface area (Å²) in [5.41, 5.74) is 1.87. The smallest absolute Gasteiger partial charge is 0.305 e. The van der Waals surface area contributed by atoms with Crippen LogP contribution in [0.1, 0.15) is 60.8 Å². The highest BCUT2D eigenvalue weighted by Crippen LogP contribution is 2.35. The van der Waals surface area contributed by atoms with E-state index < -0.39 is 24.0 Å². The molecule has 16 heteroatoms. The molecule has 16 nitrogen and oxygen atoms in total. The number of carbonyl (C=O) groups is 2. The Labute approximate surface area is 346 Å². The maximum Gasteiger partial charge on any atom is 0.305 e. The van der Waals surface area contributed by atoms with Crippen LogP contribution in [0, 0.1) is 5.41 Å². The van der Waals surface area contributed by atoms with Gasteiger partial charge >= 0.3 is 5.97 Å². The number of ether oxygens (including phenoxy) is 5. The maximum atomic E-state index is 12.5. The molecule has 4 aromatic rings. The SMILES string of the molecule is CC(C)(C)OC(COC(=O)CCCC(=O)NCCN1CCN(COc2cccc(-c3nc(N4CCOCC4)c4oc5ncccc5c4n3)c2)CC1)OC(CO)C(C)(C)C. The number of hydrogen-bond acceptors (Lipinski definition) is 15. The van der Waals surface area contributed by atoms with Crippen molar-refractivity contribution in [2.75, 3.05) is 90.4 Å². The molecule has 1 aromatic carbocycles. The molecule has 59 heavy (non-hydrogen) atoms. The zero-order valence-corrected chi connectivity index (χ0v) is 35.4. The van der Waals surface area contributed by atoms with Gasteiger partial charge in [0.2, 0.25) is 11.6 Å². The summed E-state index contributed by atoms with van der Waals surface area (Å²) in [5.74, 6) is 1.53. The van der Waals surface area contributed by atoms with E-state index in [0.717, 1.165) is 60.8 Å². The molecule has 0 spiro atoms. The van der Waals surface area contributed by atoms with Gasteiger partial charge < -0.3 is 43.4 Å². The second kappa shape index (κ2) is 20.2. The fraction of sp³-hybridized carbons (Fsp3) is 0.605. The van der Waals surface area contributed by atoms with Crippen molar-refractivity contribution in [3.63, 3.8) is 0 Å². The monoisotopic (exact) mass is 819 g/mol. The number of benzene rings is 1. The molecule has 2 atom stereocenters. The second-order valence-corrected chi connectivity index (χ2v) is 17.1. The standard InChI is InChI=1S/C43H61N7O9/c1-42(2,3)33(27-51)57-36(59-43(4,5)6)28-55-35(53)14-8-13-34(52)44-16-17-48-18-20-49(21-19-48)29-56-31-11-7-10-30(26-31)39-46-37-32-12-9-15-45-41(32)58-38(37)40(47-39)50-22-24-54-25-23-50/h7,9-12,15,26,33,36,51H,8,13-14,16-25,27-29H2,1-6H3,(H,44,52). The number of carbonyl (C=O) groups excluding carboxylic acids is 2. The first kappa shape index (κ1) is 44.1. The summed E-state index contributed by atoms with van der Waals surface area (Å²) in [4.78, 5) is 46.1. The molecule has 2 N–H and O–H groups in total. The van der Waals surface area contributed by atoms with Crippen LogP contribution in [0.4, 0.5) is 5.82 Å². The van der Waals surface area contributed by atoms with Gasteiger partial charge in [0.05, 0.1) is 36.9 Å². The molecule has 2 saturated heterocycles. The van der Waals surface area contributed by atoms with E-state index in [1.165, 1.54) is 0 Å². The van der Waals surface area contributed by atoms with Gasteiger partial charge in [0.15, 0.2) is 23.5 Å². The number of aliphatic hydroxyl groups excluding tert-OH is 1. The van der Waals surface area contributed by atoms with Crippen LogP contribution < -0.4 is 15.0 Å². The summed E-state index contributed by atoms with van der Waals surface area (Å²) in [6, 6.07) is 11.7. The molecule has 2 unspecified atom stereocenters. The van der Waals surface area contributed by atoms with Gasteiger partial charge in [-0.3, -0.25) is 19.4 Å². The lowest BCUT2D eigenvalue weighted by molar-refractivity contribution is -0.251. The average molecular weight is 820 g/mol. The van der Waals surface area contributed by atoms with E-state index in [1.54, 1.807) is 6.20 Å². The maximum absolute atomic E-state index is 12.5. The summed E-state index contributed by atoms with van der Waals surface area (Å²) in [7, 11) is 0. The van der Waals surface area contributed by atoms with E-state index >= 15 is 0 Å². The predicted octanol–water partition coefficient (Wildman–Crippen LogP) is 4.62. The van der Waals surface area contributed by atoms with Crippen LogP contribution in [0.15, 0.2) is 47.0 Å². The number of rotatable bonds is 18. The largest absolute Gasteiger partial charge is 0.478 e. The topological polar surface area (TPSA) is 174 Å². The van der Waals surface area contributed by atoms with Gasteiger partial charge in [0.1, 0.15) is 24.6 Å². The summed E-state index contributed by atoms with van der Waals surface area (Å²) >= 11 is 0. The molecule has 0 aliphatic carbocycles. The van der Waals surface area contributed by atoms with E-state index in [2.05, 4.69) is 25.0 Å². The Bertz CT molecular complexity index is 1980. The van der Waals surface area contributed by atoms with E-state index in [0.29, 0.717) is 63.1 Å². The molecular weight excluding hydrogens is 759 g/mol. The van der Waals surface area contributed by atoms with E-state index in [-0.39, 0.29) is 37.4 Å². The average Bonchev–Trinajstić information content (AvgIpc) is 3.59. The normalized spacial score (nSPS) is 17.0. The number of aliphatic hydroxyl groups is 1. The molecule has 2 fully saturated rings. The number of furan rings is 1. The van der Waals surface area contributed by atoms with Crippen molar-refractivity contribution in [2.24, 2.45) is 5.41 Å². The van der Waals surface area contributed by atoms with Crippen LogP contribution in [0.3, 0.4) is 0 Å². The molecular formula is C43H61N7O9. The number of piperazine rings is 1. The van der Waals surface area contributed by atoms with Crippen LogP contribution in [0.25, 0.3) is 33.6 Å². The van der Waals surface area contributed by atoms with Gasteiger partial charge in [-0.15, -0.1) is 0 Å². The quantitative estimate of drug-likeness (QED) is 0.105. The molecule has 322 valence electrons. The third-order valence-electron chi connectivity index (χ3n) is 10.2.